The maximum absolute atomic E-state index is 12.2. The third kappa shape index (κ3) is 3.99. The van der Waals surface area contributed by atoms with Gasteiger partial charge in [-0.1, -0.05) is 24.3 Å². The second-order valence-electron chi connectivity index (χ2n) is 4.77. The third-order valence-electron chi connectivity index (χ3n) is 3.04. The third-order valence-corrected chi connectivity index (χ3v) is 3.04. The molecule has 0 aliphatic rings. The van der Waals surface area contributed by atoms with Crippen LogP contribution in [-0.2, 0) is 4.79 Å². The summed E-state index contributed by atoms with van der Waals surface area (Å²) < 4.78 is 10.8. The number of ether oxygens (including phenoxy) is 2. The van der Waals surface area contributed by atoms with E-state index < -0.39 is 6.10 Å². The minimum Gasteiger partial charge on any atom is -0.495 e. The lowest BCUT2D eigenvalue weighted by Gasteiger charge is -2.16. The maximum atomic E-state index is 12.2. The summed E-state index contributed by atoms with van der Waals surface area (Å²) >= 11 is 0. The second-order valence-corrected chi connectivity index (χ2v) is 4.77. The number of amides is 1. The van der Waals surface area contributed by atoms with Gasteiger partial charge in [-0.15, -0.1) is 0 Å². The Morgan fingerprint density at radius 1 is 1.14 bits per heavy atom. The van der Waals surface area contributed by atoms with Gasteiger partial charge in [-0.05, 0) is 43.7 Å². The standard InChI is InChI=1S/C17H19NO3/c1-12-9-10-16(20-3)15(11-12)18-17(19)13(2)21-14-7-5-4-6-8-14/h4-11,13H,1-3H3,(H,18,19). The topological polar surface area (TPSA) is 47.6 Å². The van der Waals surface area contributed by atoms with Gasteiger partial charge >= 0.3 is 0 Å². The van der Waals surface area contributed by atoms with Crippen LogP contribution in [0.15, 0.2) is 48.5 Å². The molecule has 1 amide bonds. The number of carbonyl (C=O) groups excluding carboxylic acids is 1. The van der Waals surface area contributed by atoms with Crippen molar-refractivity contribution >= 4 is 11.6 Å². The van der Waals surface area contributed by atoms with Crippen LogP contribution >= 0.6 is 0 Å². The van der Waals surface area contributed by atoms with E-state index in [0.717, 1.165) is 5.56 Å². The minimum absolute atomic E-state index is 0.220. The summed E-state index contributed by atoms with van der Waals surface area (Å²) in [5.41, 5.74) is 1.69. The molecule has 1 N–H and O–H groups in total. The van der Waals surface area contributed by atoms with E-state index >= 15 is 0 Å². The van der Waals surface area contributed by atoms with Crippen molar-refractivity contribution in [2.75, 3.05) is 12.4 Å². The molecule has 0 spiro atoms. The van der Waals surface area contributed by atoms with E-state index in [1.54, 1.807) is 14.0 Å². The smallest absolute Gasteiger partial charge is 0.265 e. The van der Waals surface area contributed by atoms with Gasteiger partial charge < -0.3 is 14.8 Å². The van der Waals surface area contributed by atoms with Crippen molar-refractivity contribution in [2.45, 2.75) is 20.0 Å². The minimum atomic E-state index is -0.599. The molecule has 2 rings (SSSR count). The van der Waals surface area contributed by atoms with E-state index in [1.807, 2.05) is 55.5 Å². The van der Waals surface area contributed by atoms with E-state index in [1.165, 1.54) is 0 Å². The summed E-state index contributed by atoms with van der Waals surface area (Å²) in [5, 5.41) is 2.83. The number of rotatable bonds is 5. The molecule has 0 aromatic heterocycles. The van der Waals surface area contributed by atoms with Crippen LogP contribution in [0.5, 0.6) is 11.5 Å². The monoisotopic (exact) mass is 285 g/mol. The first kappa shape index (κ1) is 14.9. The average molecular weight is 285 g/mol. The van der Waals surface area contributed by atoms with Gasteiger partial charge in [0.2, 0.25) is 0 Å². The van der Waals surface area contributed by atoms with Crippen molar-refractivity contribution in [2.24, 2.45) is 0 Å². The van der Waals surface area contributed by atoms with Gasteiger partial charge in [0, 0.05) is 0 Å². The lowest BCUT2D eigenvalue weighted by molar-refractivity contribution is -0.122. The Morgan fingerprint density at radius 3 is 2.52 bits per heavy atom. The van der Waals surface area contributed by atoms with Crippen LogP contribution in [0.3, 0.4) is 0 Å². The van der Waals surface area contributed by atoms with E-state index in [9.17, 15) is 4.79 Å². The van der Waals surface area contributed by atoms with Crippen LogP contribution < -0.4 is 14.8 Å². The number of nitrogens with one attached hydrogen (secondary N) is 1. The number of carbonyl (C=O) groups is 1. The number of hydrogen-bond acceptors (Lipinski definition) is 3. The Morgan fingerprint density at radius 2 is 1.86 bits per heavy atom. The highest BCUT2D eigenvalue weighted by molar-refractivity contribution is 5.95. The van der Waals surface area contributed by atoms with Crippen molar-refractivity contribution in [3.05, 3.63) is 54.1 Å². The normalized spacial score (nSPS) is 11.6. The first-order valence-electron chi connectivity index (χ1n) is 6.77. The summed E-state index contributed by atoms with van der Waals surface area (Å²) in [7, 11) is 1.57. The molecule has 21 heavy (non-hydrogen) atoms. The Hall–Kier alpha value is -2.49. The van der Waals surface area contributed by atoms with Crippen molar-refractivity contribution < 1.29 is 14.3 Å². The Bertz CT molecular complexity index is 611. The molecule has 1 unspecified atom stereocenters. The molecule has 0 aliphatic heterocycles. The molecule has 0 saturated heterocycles. The zero-order valence-electron chi connectivity index (χ0n) is 12.4. The fourth-order valence-corrected chi connectivity index (χ4v) is 1.91. The van der Waals surface area contributed by atoms with Crippen LogP contribution in [0.1, 0.15) is 12.5 Å². The lowest BCUT2D eigenvalue weighted by atomic mass is 10.2. The summed E-state index contributed by atoms with van der Waals surface area (Å²) in [6, 6.07) is 14.9. The van der Waals surface area contributed by atoms with Crippen LogP contribution in [0.25, 0.3) is 0 Å². The van der Waals surface area contributed by atoms with Gasteiger partial charge in [-0.25, -0.2) is 0 Å². The zero-order valence-corrected chi connectivity index (χ0v) is 12.4. The lowest BCUT2D eigenvalue weighted by Crippen LogP contribution is -2.30. The highest BCUT2D eigenvalue weighted by Crippen LogP contribution is 2.25. The molecule has 1 atom stereocenters. The molecule has 2 aromatic carbocycles. The molecule has 4 nitrogen and oxygen atoms in total. The molecular weight excluding hydrogens is 266 g/mol. The molecule has 0 heterocycles. The summed E-state index contributed by atoms with van der Waals surface area (Å²) in [4.78, 5) is 12.2. The molecule has 0 saturated carbocycles. The van der Waals surface area contributed by atoms with Crippen molar-refractivity contribution in [3.63, 3.8) is 0 Å². The van der Waals surface area contributed by atoms with Gasteiger partial charge in [0.05, 0.1) is 12.8 Å². The number of hydrogen-bond donors (Lipinski definition) is 1. The van der Waals surface area contributed by atoms with E-state index in [4.69, 9.17) is 9.47 Å². The second kappa shape index (κ2) is 6.79. The van der Waals surface area contributed by atoms with Gasteiger partial charge in [-0.2, -0.15) is 0 Å². The molecule has 0 fully saturated rings. The van der Waals surface area contributed by atoms with Crippen LogP contribution in [0.4, 0.5) is 5.69 Å². The first-order valence-corrected chi connectivity index (χ1v) is 6.77. The van der Waals surface area contributed by atoms with Crippen LogP contribution in [0, 0.1) is 6.92 Å². The average Bonchev–Trinajstić information content (AvgIpc) is 2.48. The summed E-state index contributed by atoms with van der Waals surface area (Å²) in [6.45, 7) is 3.67. The van der Waals surface area contributed by atoms with Gasteiger partial charge in [0.25, 0.3) is 5.91 Å². The highest BCUT2D eigenvalue weighted by Gasteiger charge is 2.16. The first-order chi connectivity index (χ1) is 10.1. The molecular formula is C17H19NO3. The van der Waals surface area contributed by atoms with E-state index in [-0.39, 0.29) is 5.91 Å². The summed E-state index contributed by atoms with van der Waals surface area (Å²) in [6.07, 6.45) is -0.599. The summed E-state index contributed by atoms with van der Waals surface area (Å²) in [5.74, 6) is 1.07. The van der Waals surface area contributed by atoms with E-state index in [0.29, 0.717) is 17.2 Å². The van der Waals surface area contributed by atoms with Crippen molar-refractivity contribution in [1.82, 2.24) is 0 Å². The number of methoxy groups -OCH3 is 1. The quantitative estimate of drug-likeness (QED) is 0.915. The molecule has 0 radical (unpaired) electrons. The molecule has 0 aliphatic carbocycles. The van der Waals surface area contributed by atoms with Crippen LogP contribution in [0.2, 0.25) is 0 Å². The molecule has 2 aromatic rings. The van der Waals surface area contributed by atoms with Gasteiger partial charge in [0.1, 0.15) is 11.5 Å². The number of aryl methyl sites for hydroxylation is 1. The SMILES string of the molecule is COc1ccc(C)cc1NC(=O)C(C)Oc1ccccc1. The Balaban J connectivity index is 2.05. The maximum Gasteiger partial charge on any atom is 0.265 e. The zero-order chi connectivity index (χ0) is 15.2. The predicted octanol–water partition coefficient (Wildman–Crippen LogP) is 3.41. The molecule has 110 valence electrons. The van der Waals surface area contributed by atoms with Crippen LogP contribution in [-0.4, -0.2) is 19.1 Å². The Labute approximate surface area is 124 Å². The number of benzene rings is 2. The van der Waals surface area contributed by atoms with Gasteiger partial charge in [0.15, 0.2) is 6.10 Å². The molecule has 4 heteroatoms. The van der Waals surface area contributed by atoms with Crippen molar-refractivity contribution in [1.29, 1.82) is 0 Å². The van der Waals surface area contributed by atoms with E-state index in [2.05, 4.69) is 5.32 Å². The largest absolute Gasteiger partial charge is 0.495 e. The fourth-order valence-electron chi connectivity index (χ4n) is 1.91. The highest BCUT2D eigenvalue weighted by atomic mass is 16.5. The van der Waals surface area contributed by atoms with Gasteiger partial charge in [-0.3, -0.25) is 4.79 Å². The predicted molar refractivity (Wildman–Crippen MR) is 82.9 cm³/mol. The Kier molecular flexibility index (Phi) is 4.82. The number of anilines is 1. The fraction of sp³-hybridized carbons (Fsp3) is 0.235. The number of para-hydroxylation sites is 1. The van der Waals surface area contributed by atoms with Crippen molar-refractivity contribution in [3.8, 4) is 11.5 Å². The molecule has 0 bridgehead atoms.